The number of para-hydroxylation sites is 1. The fraction of sp³-hybridized carbons (Fsp3) is 0.316. The summed E-state index contributed by atoms with van der Waals surface area (Å²) < 4.78 is 5.03. The highest BCUT2D eigenvalue weighted by Crippen LogP contribution is 2.21. The van der Waals surface area contributed by atoms with E-state index in [1.54, 1.807) is 37.4 Å². The highest BCUT2D eigenvalue weighted by Gasteiger charge is 2.17. The Morgan fingerprint density at radius 3 is 2.72 bits per heavy atom. The topological polar surface area (TPSA) is 71.5 Å². The summed E-state index contributed by atoms with van der Waals surface area (Å²) in [6.45, 7) is 3.99. The van der Waals surface area contributed by atoms with Crippen molar-refractivity contribution >= 4 is 23.3 Å². The third-order valence-corrected chi connectivity index (χ3v) is 4.13. The van der Waals surface area contributed by atoms with E-state index in [4.69, 9.17) is 4.74 Å². The van der Waals surface area contributed by atoms with Crippen LogP contribution in [0.3, 0.4) is 0 Å². The van der Waals surface area contributed by atoms with E-state index in [1.165, 1.54) is 6.20 Å². The second kappa shape index (κ2) is 7.79. The highest BCUT2D eigenvalue weighted by molar-refractivity contribution is 6.08. The Kier molecular flexibility index (Phi) is 5.28. The summed E-state index contributed by atoms with van der Waals surface area (Å²) in [5.41, 5.74) is 2.17. The molecule has 0 unspecified atom stereocenters. The zero-order chi connectivity index (χ0) is 17.6. The van der Waals surface area contributed by atoms with Gasteiger partial charge < -0.3 is 15.0 Å². The standard InChI is InChI=1S/C19H21N3O3/c1-2-25-19(24)16-7-3-4-8-17(16)21-18(23)14-11-15(13-20-12-14)22-9-5-6-10-22/h3-4,7-8,11-13H,2,5-6,9-10H2,1H3,(H,21,23). The van der Waals surface area contributed by atoms with Crippen LogP contribution in [0.1, 0.15) is 40.5 Å². The van der Waals surface area contributed by atoms with E-state index in [0.717, 1.165) is 31.6 Å². The normalized spacial score (nSPS) is 13.6. The third-order valence-electron chi connectivity index (χ3n) is 4.13. The van der Waals surface area contributed by atoms with Gasteiger partial charge >= 0.3 is 5.97 Å². The Morgan fingerprint density at radius 2 is 1.96 bits per heavy atom. The molecule has 1 saturated heterocycles. The van der Waals surface area contributed by atoms with Crippen molar-refractivity contribution in [1.29, 1.82) is 0 Å². The number of carbonyl (C=O) groups excluding carboxylic acids is 2. The Balaban J connectivity index is 1.79. The number of benzene rings is 1. The van der Waals surface area contributed by atoms with Gasteiger partial charge in [-0.15, -0.1) is 0 Å². The fourth-order valence-electron chi connectivity index (χ4n) is 2.87. The van der Waals surface area contributed by atoms with Gasteiger partial charge in [-0.3, -0.25) is 9.78 Å². The quantitative estimate of drug-likeness (QED) is 0.848. The molecule has 0 saturated carbocycles. The van der Waals surface area contributed by atoms with Crippen LogP contribution in [0, 0.1) is 0 Å². The minimum atomic E-state index is -0.456. The molecule has 130 valence electrons. The van der Waals surface area contributed by atoms with Gasteiger partial charge in [-0.25, -0.2) is 4.79 Å². The van der Waals surface area contributed by atoms with Gasteiger partial charge in [-0.2, -0.15) is 0 Å². The summed E-state index contributed by atoms with van der Waals surface area (Å²) in [7, 11) is 0. The molecule has 0 spiro atoms. The fourth-order valence-corrected chi connectivity index (χ4v) is 2.87. The highest BCUT2D eigenvalue weighted by atomic mass is 16.5. The molecular weight excluding hydrogens is 318 g/mol. The van der Waals surface area contributed by atoms with E-state index in [1.807, 2.05) is 6.07 Å². The number of ether oxygens (including phenoxy) is 1. The number of amides is 1. The molecule has 6 heteroatoms. The van der Waals surface area contributed by atoms with Crippen LogP contribution in [0.5, 0.6) is 0 Å². The van der Waals surface area contributed by atoms with Crippen molar-refractivity contribution in [3.05, 3.63) is 53.9 Å². The lowest BCUT2D eigenvalue weighted by atomic mass is 10.1. The zero-order valence-corrected chi connectivity index (χ0v) is 14.2. The number of nitrogens with one attached hydrogen (secondary N) is 1. The third kappa shape index (κ3) is 3.96. The molecule has 0 aliphatic carbocycles. The minimum Gasteiger partial charge on any atom is -0.462 e. The summed E-state index contributed by atoms with van der Waals surface area (Å²) in [5.74, 6) is -0.757. The number of aromatic nitrogens is 1. The van der Waals surface area contributed by atoms with Gasteiger partial charge in [0.25, 0.3) is 5.91 Å². The number of carbonyl (C=O) groups is 2. The van der Waals surface area contributed by atoms with Crippen LogP contribution in [-0.2, 0) is 4.74 Å². The van der Waals surface area contributed by atoms with Crippen molar-refractivity contribution in [3.63, 3.8) is 0 Å². The Labute approximate surface area is 146 Å². The van der Waals surface area contributed by atoms with Crippen molar-refractivity contribution in [3.8, 4) is 0 Å². The molecule has 3 rings (SSSR count). The van der Waals surface area contributed by atoms with Crippen LogP contribution in [-0.4, -0.2) is 36.6 Å². The number of pyridine rings is 1. The van der Waals surface area contributed by atoms with E-state index in [0.29, 0.717) is 16.8 Å². The van der Waals surface area contributed by atoms with Gasteiger partial charge in [-0.1, -0.05) is 12.1 Å². The molecule has 6 nitrogen and oxygen atoms in total. The molecule has 1 amide bonds. The van der Waals surface area contributed by atoms with Crippen LogP contribution in [0.2, 0.25) is 0 Å². The van der Waals surface area contributed by atoms with Crippen LogP contribution in [0.4, 0.5) is 11.4 Å². The van der Waals surface area contributed by atoms with Gasteiger partial charge in [0.05, 0.1) is 35.3 Å². The molecule has 25 heavy (non-hydrogen) atoms. The van der Waals surface area contributed by atoms with Crippen molar-refractivity contribution < 1.29 is 14.3 Å². The Morgan fingerprint density at radius 1 is 1.20 bits per heavy atom. The predicted octanol–water partition coefficient (Wildman–Crippen LogP) is 3.11. The number of nitrogens with zero attached hydrogens (tertiary/aromatic N) is 2. The summed E-state index contributed by atoms with van der Waals surface area (Å²) in [4.78, 5) is 31.0. The molecule has 1 N–H and O–H groups in total. The Bertz CT molecular complexity index is 770. The molecule has 1 aliphatic heterocycles. The molecule has 1 aliphatic rings. The Hall–Kier alpha value is -2.89. The summed E-state index contributed by atoms with van der Waals surface area (Å²) >= 11 is 0. The van der Waals surface area contributed by atoms with Crippen LogP contribution < -0.4 is 10.2 Å². The summed E-state index contributed by atoms with van der Waals surface area (Å²) in [6, 6.07) is 8.64. The van der Waals surface area contributed by atoms with Gasteiger partial charge in [0.1, 0.15) is 0 Å². The number of hydrogen-bond donors (Lipinski definition) is 1. The first-order valence-corrected chi connectivity index (χ1v) is 8.46. The zero-order valence-electron chi connectivity index (χ0n) is 14.2. The number of rotatable bonds is 5. The smallest absolute Gasteiger partial charge is 0.340 e. The number of anilines is 2. The van der Waals surface area contributed by atoms with Crippen molar-refractivity contribution in [1.82, 2.24) is 4.98 Å². The average Bonchev–Trinajstić information content (AvgIpc) is 3.17. The molecule has 1 aromatic heterocycles. The first-order valence-electron chi connectivity index (χ1n) is 8.46. The first-order chi connectivity index (χ1) is 12.2. The summed E-state index contributed by atoms with van der Waals surface area (Å²) in [6.07, 6.45) is 5.61. The monoisotopic (exact) mass is 339 g/mol. The number of hydrogen-bond acceptors (Lipinski definition) is 5. The maximum atomic E-state index is 12.6. The van der Waals surface area contributed by atoms with E-state index in [2.05, 4.69) is 15.2 Å². The molecule has 0 bridgehead atoms. The molecule has 1 aromatic carbocycles. The largest absolute Gasteiger partial charge is 0.462 e. The second-order valence-electron chi connectivity index (χ2n) is 5.85. The lowest BCUT2D eigenvalue weighted by molar-refractivity contribution is 0.0527. The van der Waals surface area contributed by atoms with E-state index < -0.39 is 5.97 Å². The van der Waals surface area contributed by atoms with E-state index in [-0.39, 0.29) is 12.5 Å². The van der Waals surface area contributed by atoms with E-state index >= 15 is 0 Å². The molecule has 0 atom stereocenters. The van der Waals surface area contributed by atoms with E-state index in [9.17, 15) is 9.59 Å². The number of esters is 1. The molecule has 2 aromatic rings. The average molecular weight is 339 g/mol. The molecule has 0 radical (unpaired) electrons. The predicted molar refractivity (Wildman–Crippen MR) is 96.0 cm³/mol. The lowest BCUT2D eigenvalue weighted by Crippen LogP contribution is -2.20. The minimum absolute atomic E-state index is 0.281. The van der Waals surface area contributed by atoms with Gasteiger partial charge in [-0.05, 0) is 38.0 Å². The van der Waals surface area contributed by atoms with Crippen LogP contribution >= 0.6 is 0 Å². The van der Waals surface area contributed by atoms with Crippen LogP contribution in [0.25, 0.3) is 0 Å². The maximum Gasteiger partial charge on any atom is 0.340 e. The van der Waals surface area contributed by atoms with Crippen molar-refractivity contribution in [2.45, 2.75) is 19.8 Å². The molecule has 1 fully saturated rings. The lowest BCUT2D eigenvalue weighted by Gasteiger charge is -2.17. The maximum absolute atomic E-state index is 12.6. The van der Waals surface area contributed by atoms with Gasteiger partial charge in [0.15, 0.2) is 0 Å². The molecular formula is C19H21N3O3. The summed E-state index contributed by atoms with van der Waals surface area (Å²) in [5, 5.41) is 2.79. The molecule has 2 heterocycles. The van der Waals surface area contributed by atoms with Gasteiger partial charge in [0.2, 0.25) is 0 Å². The van der Waals surface area contributed by atoms with Gasteiger partial charge in [0, 0.05) is 19.3 Å². The first kappa shape index (κ1) is 17.0. The van der Waals surface area contributed by atoms with Crippen molar-refractivity contribution in [2.75, 3.05) is 29.9 Å². The second-order valence-corrected chi connectivity index (χ2v) is 5.85. The SMILES string of the molecule is CCOC(=O)c1ccccc1NC(=O)c1cncc(N2CCCC2)c1. The van der Waals surface area contributed by atoms with Crippen molar-refractivity contribution in [2.24, 2.45) is 0 Å². The van der Waals surface area contributed by atoms with Crippen LogP contribution in [0.15, 0.2) is 42.7 Å².